The van der Waals surface area contributed by atoms with Crippen LogP contribution in [0.25, 0.3) is 11.4 Å². The zero-order valence-corrected chi connectivity index (χ0v) is 15.8. The Morgan fingerprint density at radius 2 is 1.89 bits per heavy atom. The van der Waals surface area contributed by atoms with Crippen LogP contribution >= 0.6 is 0 Å². The largest absolute Gasteiger partial charge is 0.495 e. The maximum Gasteiger partial charge on any atom is 0.225 e. The van der Waals surface area contributed by atoms with E-state index in [1.807, 2.05) is 60.8 Å². The van der Waals surface area contributed by atoms with Crippen LogP contribution in [0, 0.1) is 0 Å². The number of carbonyl (C=O) groups excluding carboxylic acids is 1. The summed E-state index contributed by atoms with van der Waals surface area (Å²) >= 11 is 0. The second-order valence-corrected chi connectivity index (χ2v) is 6.74. The molecule has 28 heavy (non-hydrogen) atoms. The average Bonchev–Trinajstić information content (AvgIpc) is 3.15. The number of benzene rings is 2. The molecule has 0 spiro atoms. The number of nitrogens with zero attached hydrogens (tertiary/aromatic N) is 3. The van der Waals surface area contributed by atoms with Gasteiger partial charge in [0.05, 0.1) is 18.5 Å². The first-order chi connectivity index (χ1) is 13.7. The Morgan fingerprint density at radius 3 is 2.71 bits per heavy atom. The number of anilines is 1. The van der Waals surface area contributed by atoms with Gasteiger partial charge in [-0.2, -0.15) is 0 Å². The summed E-state index contributed by atoms with van der Waals surface area (Å²) in [5.41, 5.74) is 3.88. The van der Waals surface area contributed by atoms with Crippen LogP contribution in [0.5, 0.6) is 5.75 Å². The van der Waals surface area contributed by atoms with E-state index >= 15 is 0 Å². The molecule has 6 nitrogen and oxygen atoms in total. The second-order valence-electron chi connectivity index (χ2n) is 6.74. The highest BCUT2D eigenvalue weighted by Crippen LogP contribution is 2.25. The van der Waals surface area contributed by atoms with Crippen LogP contribution in [0.1, 0.15) is 17.7 Å². The lowest BCUT2D eigenvalue weighted by atomic mass is 10.2. The summed E-state index contributed by atoms with van der Waals surface area (Å²) in [4.78, 5) is 23.8. The molecule has 0 radical (unpaired) electrons. The summed E-state index contributed by atoms with van der Waals surface area (Å²) in [7, 11) is 1.59. The van der Waals surface area contributed by atoms with E-state index < -0.39 is 0 Å². The lowest BCUT2D eigenvalue weighted by Gasteiger charge is -2.14. The molecule has 1 aliphatic heterocycles. The molecule has 0 unspecified atom stereocenters. The van der Waals surface area contributed by atoms with Gasteiger partial charge in [0.25, 0.3) is 0 Å². The van der Waals surface area contributed by atoms with Gasteiger partial charge in [-0.05, 0) is 12.1 Å². The van der Waals surface area contributed by atoms with E-state index in [4.69, 9.17) is 9.72 Å². The molecule has 6 heteroatoms. The van der Waals surface area contributed by atoms with Crippen molar-refractivity contribution in [3.05, 3.63) is 72.1 Å². The zero-order chi connectivity index (χ0) is 19.3. The van der Waals surface area contributed by atoms with E-state index in [1.165, 1.54) is 0 Å². The Bertz CT molecular complexity index is 975. The van der Waals surface area contributed by atoms with Crippen LogP contribution < -0.4 is 10.1 Å². The molecule has 142 valence electrons. The van der Waals surface area contributed by atoms with E-state index in [9.17, 15) is 4.79 Å². The predicted molar refractivity (Wildman–Crippen MR) is 108 cm³/mol. The fraction of sp³-hybridized carbons (Fsp3) is 0.227. The molecule has 1 N–H and O–H groups in total. The lowest BCUT2D eigenvalue weighted by Crippen LogP contribution is -2.23. The molecule has 0 atom stereocenters. The molecule has 3 aromatic rings. The topological polar surface area (TPSA) is 67.3 Å². The Hall–Kier alpha value is -3.25. The monoisotopic (exact) mass is 374 g/mol. The maximum absolute atomic E-state index is 12.3. The highest BCUT2D eigenvalue weighted by molar-refractivity contribution is 5.92. The first kappa shape index (κ1) is 18.1. The molecule has 1 aliphatic rings. The number of hydrogen-bond acceptors (Lipinski definition) is 5. The van der Waals surface area contributed by atoms with Crippen molar-refractivity contribution >= 4 is 11.6 Å². The van der Waals surface area contributed by atoms with E-state index in [0.717, 1.165) is 35.7 Å². The zero-order valence-electron chi connectivity index (χ0n) is 15.8. The number of rotatable bonds is 6. The molecule has 0 saturated carbocycles. The van der Waals surface area contributed by atoms with Crippen molar-refractivity contribution in [3.63, 3.8) is 0 Å². The number of nitrogens with one attached hydrogen (secondary N) is 1. The Kier molecular flexibility index (Phi) is 5.30. The van der Waals surface area contributed by atoms with Gasteiger partial charge in [0, 0.05) is 43.4 Å². The van der Waals surface area contributed by atoms with Crippen LogP contribution in [0.2, 0.25) is 0 Å². The number of hydrogen-bond donors (Lipinski definition) is 1. The quantitative estimate of drug-likeness (QED) is 0.715. The summed E-state index contributed by atoms with van der Waals surface area (Å²) in [6, 6.07) is 17.4. The number of ether oxygens (including phenoxy) is 1. The van der Waals surface area contributed by atoms with Crippen LogP contribution in [0.4, 0.5) is 5.69 Å². The van der Waals surface area contributed by atoms with Crippen LogP contribution in [0.15, 0.2) is 60.8 Å². The third kappa shape index (κ3) is 4.02. The standard InChI is InChI=1S/C22H22N4O2/c1-28-20-10-6-5-9-18(20)24-21(27)11-12-26-14-17-13-23-22(25-19(17)15-26)16-7-3-2-4-8-16/h2-10,13H,11-12,14-15H2,1H3,(H,24,27). The third-order valence-corrected chi connectivity index (χ3v) is 4.79. The van der Waals surface area contributed by atoms with Gasteiger partial charge in [-0.3, -0.25) is 9.69 Å². The number of para-hydroxylation sites is 2. The first-order valence-corrected chi connectivity index (χ1v) is 9.28. The summed E-state index contributed by atoms with van der Waals surface area (Å²) in [5.74, 6) is 1.37. The molecular weight excluding hydrogens is 352 g/mol. The summed E-state index contributed by atoms with van der Waals surface area (Å²) in [5, 5.41) is 2.92. The predicted octanol–water partition coefficient (Wildman–Crippen LogP) is 3.50. The van der Waals surface area contributed by atoms with Crippen molar-refractivity contribution in [2.45, 2.75) is 19.5 Å². The van der Waals surface area contributed by atoms with Gasteiger partial charge < -0.3 is 10.1 Å². The van der Waals surface area contributed by atoms with Gasteiger partial charge in [0.2, 0.25) is 5.91 Å². The Labute approximate surface area is 164 Å². The lowest BCUT2D eigenvalue weighted by molar-refractivity contribution is -0.116. The highest BCUT2D eigenvalue weighted by Gasteiger charge is 2.22. The second kappa shape index (κ2) is 8.19. The molecule has 0 bridgehead atoms. The minimum Gasteiger partial charge on any atom is -0.495 e. The molecule has 1 aromatic heterocycles. The summed E-state index contributed by atoms with van der Waals surface area (Å²) in [6.45, 7) is 2.17. The molecule has 4 rings (SSSR count). The normalized spacial score (nSPS) is 13.2. The number of amides is 1. The number of carbonyl (C=O) groups is 1. The smallest absolute Gasteiger partial charge is 0.225 e. The first-order valence-electron chi connectivity index (χ1n) is 9.28. The van der Waals surface area contributed by atoms with Gasteiger partial charge in [0.1, 0.15) is 5.75 Å². The minimum absolute atomic E-state index is 0.0310. The fourth-order valence-corrected chi connectivity index (χ4v) is 3.32. The van der Waals surface area contributed by atoms with Crippen molar-refractivity contribution in [2.24, 2.45) is 0 Å². The Balaban J connectivity index is 1.34. The number of aromatic nitrogens is 2. The SMILES string of the molecule is COc1ccccc1NC(=O)CCN1Cc2cnc(-c3ccccc3)nc2C1. The van der Waals surface area contributed by atoms with Gasteiger partial charge in [-0.25, -0.2) is 9.97 Å². The molecule has 2 aromatic carbocycles. The van der Waals surface area contributed by atoms with Crippen molar-refractivity contribution < 1.29 is 9.53 Å². The Morgan fingerprint density at radius 1 is 1.11 bits per heavy atom. The van der Waals surface area contributed by atoms with E-state index in [-0.39, 0.29) is 5.91 Å². The summed E-state index contributed by atoms with van der Waals surface area (Å²) in [6.07, 6.45) is 2.31. The van der Waals surface area contributed by atoms with Gasteiger partial charge >= 0.3 is 0 Å². The molecule has 2 heterocycles. The van der Waals surface area contributed by atoms with Crippen molar-refractivity contribution in [1.29, 1.82) is 0 Å². The fourth-order valence-electron chi connectivity index (χ4n) is 3.32. The van der Waals surface area contributed by atoms with Crippen molar-refractivity contribution in [2.75, 3.05) is 19.0 Å². The third-order valence-electron chi connectivity index (χ3n) is 4.79. The van der Waals surface area contributed by atoms with Gasteiger partial charge in [-0.15, -0.1) is 0 Å². The van der Waals surface area contributed by atoms with Gasteiger partial charge in [-0.1, -0.05) is 42.5 Å². The van der Waals surface area contributed by atoms with Crippen LogP contribution in [0.3, 0.4) is 0 Å². The molecular formula is C22H22N4O2. The van der Waals surface area contributed by atoms with Crippen molar-refractivity contribution in [1.82, 2.24) is 14.9 Å². The molecule has 1 amide bonds. The van der Waals surface area contributed by atoms with Crippen LogP contribution in [-0.4, -0.2) is 34.4 Å². The number of fused-ring (bicyclic) bond motifs is 1. The molecule has 0 fully saturated rings. The van der Waals surface area contributed by atoms with E-state index in [1.54, 1.807) is 7.11 Å². The molecule has 0 saturated heterocycles. The number of methoxy groups -OCH3 is 1. The minimum atomic E-state index is -0.0310. The summed E-state index contributed by atoms with van der Waals surface area (Å²) < 4.78 is 5.27. The van der Waals surface area contributed by atoms with E-state index in [2.05, 4.69) is 15.2 Å². The average molecular weight is 374 g/mol. The van der Waals surface area contributed by atoms with Crippen molar-refractivity contribution in [3.8, 4) is 17.1 Å². The van der Waals surface area contributed by atoms with E-state index in [0.29, 0.717) is 24.4 Å². The molecule has 0 aliphatic carbocycles. The van der Waals surface area contributed by atoms with Crippen LogP contribution in [-0.2, 0) is 17.9 Å². The highest BCUT2D eigenvalue weighted by atomic mass is 16.5. The maximum atomic E-state index is 12.3. The van der Waals surface area contributed by atoms with Gasteiger partial charge in [0.15, 0.2) is 5.82 Å².